The molecule has 0 aliphatic heterocycles. The lowest BCUT2D eigenvalue weighted by atomic mass is 10.1. The summed E-state index contributed by atoms with van der Waals surface area (Å²) in [5.74, 6) is 9.93. The molecular weight excluding hydrogens is 308 g/mol. The Balaban J connectivity index is 4.36. The van der Waals surface area contributed by atoms with E-state index >= 15 is 0 Å². The van der Waals surface area contributed by atoms with Gasteiger partial charge >= 0.3 is 0 Å². The van der Waals surface area contributed by atoms with Crippen LogP contribution in [-0.4, -0.2) is 20.8 Å². The van der Waals surface area contributed by atoms with Crippen LogP contribution in [-0.2, 0) is 4.74 Å². The minimum Gasteiger partial charge on any atom is -0.361 e. The molecule has 0 saturated heterocycles. The second-order valence-corrected chi connectivity index (χ2v) is 11.7. The quantitative estimate of drug-likeness (QED) is 0.200. The van der Waals surface area contributed by atoms with Crippen LogP contribution in [0.3, 0.4) is 0 Å². The summed E-state index contributed by atoms with van der Waals surface area (Å²) >= 11 is 0. The molecule has 2 heteroatoms. The molecule has 24 heavy (non-hydrogen) atoms. The highest BCUT2D eigenvalue weighted by Crippen LogP contribution is 2.05. The fraction of sp³-hybridized carbons (Fsp3) is 0.636. The molecule has 1 nitrogen and oxygen atoms in total. The fourth-order valence-corrected chi connectivity index (χ4v) is 2.63. The van der Waals surface area contributed by atoms with E-state index < -0.39 is 8.07 Å². The van der Waals surface area contributed by atoms with Gasteiger partial charge < -0.3 is 4.74 Å². The summed E-state index contributed by atoms with van der Waals surface area (Å²) in [6.07, 6.45) is 15.9. The number of hydrogen-bond donors (Lipinski definition) is 0. The van der Waals surface area contributed by atoms with Crippen molar-refractivity contribution in [3.63, 3.8) is 0 Å². The van der Waals surface area contributed by atoms with Crippen molar-refractivity contribution < 1.29 is 4.74 Å². The topological polar surface area (TPSA) is 9.23 Å². The molecule has 0 amide bonds. The van der Waals surface area contributed by atoms with Crippen molar-refractivity contribution in [2.45, 2.75) is 84.5 Å². The zero-order chi connectivity index (χ0) is 18.1. The molecule has 0 fully saturated rings. The summed E-state index contributed by atoms with van der Waals surface area (Å²) < 4.78 is 5.90. The van der Waals surface area contributed by atoms with Gasteiger partial charge in [0.2, 0.25) is 0 Å². The fourth-order valence-electron chi connectivity index (χ4n) is 1.97. The number of unbranched alkanes of at least 4 members (excludes halogenated alkanes) is 4. The van der Waals surface area contributed by atoms with Crippen LogP contribution in [0, 0.1) is 23.3 Å². The van der Waals surface area contributed by atoms with E-state index in [2.05, 4.69) is 49.9 Å². The van der Waals surface area contributed by atoms with Crippen LogP contribution < -0.4 is 0 Å². The molecule has 0 aliphatic rings. The van der Waals surface area contributed by atoms with Gasteiger partial charge in [-0.05, 0) is 19.8 Å². The van der Waals surface area contributed by atoms with Gasteiger partial charge in [0.15, 0.2) is 0 Å². The van der Waals surface area contributed by atoms with Crippen LogP contribution in [0.1, 0.15) is 58.8 Å². The van der Waals surface area contributed by atoms with E-state index in [1.165, 1.54) is 25.7 Å². The van der Waals surface area contributed by atoms with Crippen molar-refractivity contribution in [3.8, 4) is 23.3 Å². The molecule has 0 aromatic carbocycles. The second kappa shape index (κ2) is 15.3. The zero-order valence-electron chi connectivity index (χ0n) is 16.5. The van der Waals surface area contributed by atoms with Crippen LogP contribution in [0.25, 0.3) is 0 Å². The molecule has 1 atom stereocenters. The standard InChI is InChI=1S/C22H36OSi/c1-6-8-10-12-13-14-18-22(23-20-16-11-9-7-2)19-15-17-21-24(3,4)5/h7,9,11,16,22H,6,8,10,12-13,15,19-20H2,1-5H3/b9-7+,16-11+/t22-/m0/s1. The number of hydrogen-bond acceptors (Lipinski definition) is 1. The van der Waals surface area contributed by atoms with Crippen LogP contribution in [0.4, 0.5) is 0 Å². The summed E-state index contributed by atoms with van der Waals surface area (Å²) in [6.45, 7) is 11.7. The normalized spacial score (nSPS) is 12.7. The Morgan fingerprint density at radius 2 is 1.79 bits per heavy atom. The Hall–Kier alpha value is -1.22. The van der Waals surface area contributed by atoms with E-state index in [9.17, 15) is 0 Å². The second-order valence-electron chi connectivity index (χ2n) is 7.00. The predicted octanol–water partition coefficient (Wildman–Crippen LogP) is 6.14. The molecule has 0 spiro atoms. The van der Waals surface area contributed by atoms with Crippen molar-refractivity contribution in [3.05, 3.63) is 24.3 Å². The van der Waals surface area contributed by atoms with Crippen molar-refractivity contribution in [2.75, 3.05) is 6.61 Å². The van der Waals surface area contributed by atoms with Gasteiger partial charge in [0.1, 0.15) is 14.2 Å². The molecule has 0 radical (unpaired) electrons. The SMILES string of the molecule is C/C=C/C=C/CO[C@@H](C#CCCCCCC)CCC#C[Si](C)(C)C. The molecule has 0 N–H and O–H groups in total. The maximum absolute atomic E-state index is 5.90. The summed E-state index contributed by atoms with van der Waals surface area (Å²) in [5.41, 5.74) is 3.41. The van der Waals surface area contributed by atoms with Gasteiger partial charge in [-0.25, -0.2) is 0 Å². The van der Waals surface area contributed by atoms with Crippen molar-refractivity contribution in [1.82, 2.24) is 0 Å². The Bertz CT molecular complexity index is 474. The smallest absolute Gasteiger partial charge is 0.129 e. The van der Waals surface area contributed by atoms with Crippen LogP contribution in [0.15, 0.2) is 24.3 Å². The average molecular weight is 345 g/mol. The lowest BCUT2D eigenvalue weighted by molar-refractivity contribution is 0.111. The highest BCUT2D eigenvalue weighted by Gasteiger charge is 2.08. The molecule has 0 heterocycles. The van der Waals surface area contributed by atoms with E-state index in [1.54, 1.807) is 0 Å². The third-order valence-electron chi connectivity index (χ3n) is 3.25. The molecule has 0 aliphatic carbocycles. The largest absolute Gasteiger partial charge is 0.361 e. The summed E-state index contributed by atoms with van der Waals surface area (Å²) in [4.78, 5) is 0. The zero-order valence-corrected chi connectivity index (χ0v) is 17.5. The molecule has 0 saturated carbocycles. The third kappa shape index (κ3) is 17.1. The van der Waals surface area contributed by atoms with Crippen LogP contribution in [0.2, 0.25) is 19.6 Å². The van der Waals surface area contributed by atoms with Crippen molar-refractivity contribution in [1.29, 1.82) is 0 Å². The first-order valence-electron chi connectivity index (χ1n) is 9.37. The van der Waals surface area contributed by atoms with Gasteiger partial charge in [0.25, 0.3) is 0 Å². The van der Waals surface area contributed by atoms with Gasteiger partial charge in [0.05, 0.1) is 6.61 Å². The van der Waals surface area contributed by atoms with Gasteiger partial charge in [-0.2, -0.15) is 0 Å². The highest BCUT2D eigenvalue weighted by molar-refractivity contribution is 6.83. The monoisotopic (exact) mass is 344 g/mol. The molecule has 0 bridgehead atoms. The molecule has 0 rings (SSSR count). The lowest BCUT2D eigenvalue weighted by Crippen LogP contribution is -2.16. The Kier molecular flexibility index (Phi) is 14.5. The molecule has 134 valence electrons. The number of rotatable bonds is 10. The minimum atomic E-state index is -1.27. The number of allylic oxidation sites excluding steroid dienone is 3. The van der Waals surface area contributed by atoms with Crippen LogP contribution >= 0.6 is 0 Å². The molecule has 0 aromatic rings. The molecule has 0 unspecified atom stereocenters. The van der Waals surface area contributed by atoms with E-state index in [0.29, 0.717) is 6.61 Å². The van der Waals surface area contributed by atoms with Crippen molar-refractivity contribution >= 4 is 8.07 Å². The first-order valence-corrected chi connectivity index (χ1v) is 12.9. The van der Waals surface area contributed by atoms with Crippen LogP contribution in [0.5, 0.6) is 0 Å². The Labute approximate surface area is 152 Å². The molecular formula is C22H36OSi. The summed E-state index contributed by atoms with van der Waals surface area (Å²) in [7, 11) is -1.27. The third-order valence-corrected chi connectivity index (χ3v) is 4.17. The van der Waals surface area contributed by atoms with E-state index in [1.807, 2.05) is 31.2 Å². The van der Waals surface area contributed by atoms with E-state index in [0.717, 1.165) is 19.3 Å². The maximum Gasteiger partial charge on any atom is 0.129 e. The minimum absolute atomic E-state index is 0.00219. The molecule has 0 aromatic heterocycles. The lowest BCUT2D eigenvalue weighted by Gasteiger charge is -2.09. The highest BCUT2D eigenvalue weighted by atomic mass is 28.3. The van der Waals surface area contributed by atoms with Crippen molar-refractivity contribution in [2.24, 2.45) is 0 Å². The van der Waals surface area contributed by atoms with Gasteiger partial charge in [-0.3, -0.25) is 0 Å². The number of ether oxygens (including phenoxy) is 1. The van der Waals surface area contributed by atoms with Gasteiger partial charge in [-0.1, -0.05) is 76.1 Å². The first-order chi connectivity index (χ1) is 11.5. The maximum atomic E-state index is 5.90. The van der Waals surface area contributed by atoms with Gasteiger partial charge in [-0.15, -0.1) is 17.4 Å². The summed E-state index contributed by atoms with van der Waals surface area (Å²) in [6, 6.07) is 0. The predicted molar refractivity (Wildman–Crippen MR) is 111 cm³/mol. The Morgan fingerprint density at radius 3 is 2.46 bits per heavy atom. The van der Waals surface area contributed by atoms with Gasteiger partial charge in [0, 0.05) is 12.8 Å². The summed E-state index contributed by atoms with van der Waals surface area (Å²) in [5, 5.41) is 0. The first kappa shape index (κ1) is 22.8. The average Bonchev–Trinajstić information content (AvgIpc) is 2.52. The Morgan fingerprint density at radius 1 is 1.00 bits per heavy atom. The van der Waals surface area contributed by atoms with E-state index in [-0.39, 0.29) is 6.10 Å². The van der Waals surface area contributed by atoms with E-state index in [4.69, 9.17) is 4.74 Å².